The predicted molar refractivity (Wildman–Crippen MR) is 131 cm³/mol. The number of guanidine groups is 1. The van der Waals surface area contributed by atoms with Crippen LogP contribution >= 0.6 is 35.6 Å². The molecule has 2 fully saturated rings. The lowest BCUT2D eigenvalue weighted by atomic mass is 9.85. The minimum atomic E-state index is -0.146. The number of para-hydroxylation sites is 1. The van der Waals surface area contributed by atoms with Gasteiger partial charge >= 0.3 is 0 Å². The fourth-order valence-corrected chi connectivity index (χ4v) is 4.91. The highest BCUT2D eigenvalue weighted by Crippen LogP contribution is 2.52. The van der Waals surface area contributed by atoms with E-state index in [0.29, 0.717) is 36.4 Å². The molecule has 0 radical (unpaired) electrons. The van der Waals surface area contributed by atoms with Crippen molar-refractivity contribution in [3.63, 3.8) is 0 Å². The van der Waals surface area contributed by atoms with Gasteiger partial charge in [0, 0.05) is 20.1 Å². The van der Waals surface area contributed by atoms with Gasteiger partial charge in [-0.1, -0.05) is 35.9 Å². The molecule has 1 heterocycles. The van der Waals surface area contributed by atoms with E-state index in [1.807, 2.05) is 25.1 Å². The largest absolute Gasteiger partial charge is 0.487 e. The number of nitrogens with zero attached hydrogens (tertiary/aromatic N) is 2. The number of allylic oxidation sites excluding steroid dienone is 2. The van der Waals surface area contributed by atoms with Gasteiger partial charge in [0.25, 0.3) is 0 Å². The Balaban J connectivity index is 0.00000272. The van der Waals surface area contributed by atoms with Crippen molar-refractivity contribution >= 4 is 53.4 Å². The molecular formula is C22H28ClIN4O3. The van der Waals surface area contributed by atoms with Gasteiger partial charge in [-0.3, -0.25) is 19.5 Å². The van der Waals surface area contributed by atoms with E-state index in [2.05, 4.69) is 27.8 Å². The van der Waals surface area contributed by atoms with Gasteiger partial charge in [0.2, 0.25) is 11.8 Å². The molecule has 0 aromatic heterocycles. The molecule has 0 spiro atoms. The number of carbonyl (C=O) groups is 2. The Morgan fingerprint density at radius 3 is 2.45 bits per heavy atom. The number of carbonyl (C=O) groups excluding carboxylic acids is 2. The van der Waals surface area contributed by atoms with Crippen molar-refractivity contribution in [2.75, 3.05) is 26.7 Å². The van der Waals surface area contributed by atoms with Gasteiger partial charge in [-0.05, 0) is 37.3 Å². The first-order chi connectivity index (χ1) is 14.5. The fraction of sp³-hybridized carbons (Fsp3) is 0.500. The van der Waals surface area contributed by atoms with Crippen LogP contribution in [0.15, 0.2) is 41.4 Å². The van der Waals surface area contributed by atoms with Crippen molar-refractivity contribution in [2.24, 2.45) is 28.7 Å². The van der Waals surface area contributed by atoms with Crippen LogP contribution in [0.1, 0.15) is 13.3 Å². The molecule has 5 unspecified atom stereocenters. The van der Waals surface area contributed by atoms with Crippen LogP contribution < -0.4 is 15.4 Å². The second-order valence-corrected chi connectivity index (χ2v) is 8.47. The van der Waals surface area contributed by atoms with E-state index < -0.39 is 0 Å². The third kappa shape index (κ3) is 4.84. The van der Waals surface area contributed by atoms with Crippen LogP contribution in [0.3, 0.4) is 0 Å². The molecule has 3 aliphatic rings. The van der Waals surface area contributed by atoms with Gasteiger partial charge < -0.3 is 15.4 Å². The molecule has 5 atom stereocenters. The highest BCUT2D eigenvalue weighted by Gasteiger charge is 2.58. The summed E-state index contributed by atoms with van der Waals surface area (Å²) in [7, 11) is 1.68. The van der Waals surface area contributed by atoms with Crippen molar-refractivity contribution in [1.82, 2.24) is 15.5 Å². The maximum Gasteiger partial charge on any atom is 0.233 e. The monoisotopic (exact) mass is 558 g/mol. The van der Waals surface area contributed by atoms with Crippen LogP contribution in [0.5, 0.6) is 5.75 Å². The number of imide groups is 1. The van der Waals surface area contributed by atoms with E-state index in [-0.39, 0.29) is 65.6 Å². The minimum Gasteiger partial charge on any atom is -0.487 e. The molecule has 7 nitrogen and oxygen atoms in total. The molecular weight excluding hydrogens is 531 g/mol. The first kappa shape index (κ1) is 23.8. The maximum atomic E-state index is 12.7. The Labute approximate surface area is 204 Å². The number of nitrogens with one attached hydrogen (secondary N) is 2. The second-order valence-electron chi connectivity index (χ2n) is 8.07. The zero-order valence-corrected chi connectivity index (χ0v) is 20.7. The second kappa shape index (κ2) is 10.2. The van der Waals surface area contributed by atoms with Gasteiger partial charge in [-0.2, -0.15) is 0 Å². The summed E-state index contributed by atoms with van der Waals surface area (Å²) in [5.41, 5.74) is 0. The van der Waals surface area contributed by atoms with E-state index >= 15 is 0 Å². The molecule has 1 aromatic rings. The van der Waals surface area contributed by atoms with Crippen LogP contribution in [0, 0.1) is 23.7 Å². The molecule has 31 heavy (non-hydrogen) atoms. The normalized spacial score (nSPS) is 27.2. The molecule has 168 valence electrons. The van der Waals surface area contributed by atoms with Crippen molar-refractivity contribution < 1.29 is 14.3 Å². The first-order valence-electron chi connectivity index (χ1n) is 10.4. The number of hydrogen-bond acceptors (Lipinski definition) is 4. The summed E-state index contributed by atoms with van der Waals surface area (Å²) in [5, 5.41) is 6.93. The molecule has 2 amide bonds. The number of amides is 2. The van der Waals surface area contributed by atoms with E-state index in [1.54, 1.807) is 13.1 Å². The number of aliphatic imine (C=N–C) groups is 1. The highest BCUT2D eigenvalue weighted by molar-refractivity contribution is 14.0. The Bertz CT molecular complexity index is 863. The third-order valence-electron chi connectivity index (χ3n) is 6.13. The SMILES string of the molecule is CN=C(NCCN1C(=O)C2C3C=CC(C3)C2C1=O)NCC(C)Oc1ccccc1Cl.I. The average Bonchev–Trinajstić information content (AvgIpc) is 3.41. The summed E-state index contributed by atoms with van der Waals surface area (Å²) in [4.78, 5) is 31.1. The summed E-state index contributed by atoms with van der Waals surface area (Å²) in [6, 6.07) is 7.34. The van der Waals surface area contributed by atoms with E-state index in [4.69, 9.17) is 16.3 Å². The quantitative estimate of drug-likeness (QED) is 0.177. The number of hydrogen-bond donors (Lipinski definition) is 2. The molecule has 1 aliphatic heterocycles. The van der Waals surface area contributed by atoms with E-state index in [1.165, 1.54) is 4.90 Å². The van der Waals surface area contributed by atoms with Gasteiger partial charge in [0.15, 0.2) is 5.96 Å². The van der Waals surface area contributed by atoms with Gasteiger partial charge in [-0.15, -0.1) is 24.0 Å². The van der Waals surface area contributed by atoms with Crippen molar-refractivity contribution in [3.8, 4) is 5.75 Å². The Morgan fingerprint density at radius 2 is 1.84 bits per heavy atom. The summed E-state index contributed by atoms with van der Waals surface area (Å²) < 4.78 is 5.84. The molecule has 1 saturated heterocycles. The summed E-state index contributed by atoms with van der Waals surface area (Å²) >= 11 is 6.12. The molecule has 2 N–H and O–H groups in total. The van der Waals surface area contributed by atoms with Crippen molar-refractivity contribution in [2.45, 2.75) is 19.4 Å². The third-order valence-corrected chi connectivity index (χ3v) is 6.45. The standard InChI is InChI=1S/C22H27ClN4O3.HI/c1-13(30-17-6-4-3-5-16(17)23)12-26-22(24-2)25-9-10-27-20(28)18-14-7-8-15(11-14)19(18)21(27)29;/h3-8,13-15,18-19H,9-12H2,1-2H3,(H2,24,25,26);1H. The average molecular weight is 559 g/mol. The predicted octanol–water partition coefficient (Wildman–Crippen LogP) is 2.70. The zero-order chi connectivity index (χ0) is 21.3. The van der Waals surface area contributed by atoms with E-state index in [9.17, 15) is 9.59 Å². The number of ether oxygens (including phenoxy) is 1. The topological polar surface area (TPSA) is 83.0 Å². The maximum absolute atomic E-state index is 12.7. The number of benzene rings is 1. The van der Waals surface area contributed by atoms with Crippen LogP contribution in [0.2, 0.25) is 5.02 Å². The van der Waals surface area contributed by atoms with Crippen LogP contribution in [0.25, 0.3) is 0 Å². The van der Waals surface area contributed by atoms with Crippen LogP contribution in [-0.4, -0.2) is 55.5 Å². The fourth-order valence-electron chi connectivity index (χ4n) is 4.73. The number of likely N-dealkylation sites (tertiary alicyclic amines) is 1. The molecule has 2 aliphatic carbocycles. The molecule has 1 aromatic carbocycles. The number of fused-ring (bicyclic) bond motifs is 5. The summed E-state index contributed by atoms with van der Waals surface area (Å²) in [5.74, 6) is 1.37. The summed E-state index contributed by atoms with van der Waals surface area (Å²) in [6.45, 7) is 3.24. The number of rotatable bonds is 7. The zero-order valence-electron chi connectivity index (χ0n) is 17.6. The van der Waals surface area contributed by atoms with Crippen molar-refractivity contribution in [3.05, 3.63) is 41.4 Å². The first-order valence-corrected chi connectivity index (χ1v) is 10.8. The minimum absolute atomic E-state index is 0. The van der Waals surface area contributed by atoms with Crippen LogP contribution in [0.4, 0.5) is 0 Å². The Morgan fingerprint density at radius 1 is 1.19 bits per heavy atom. The number of halogens is 2. The highest BCUT2D eigenvalue weighted by atomic mass is 127. The van der Waals surface area contributed by atoms with Gasteiger partial charge in [-0.25, -0.2) is 0 Å². The van der Waals surface area contributed by atoms with Crippen LogP contribution in [-0.2, 0) is 9.59 Å². The molecule has 9 heteroatoms. The van der Waals surface area contributed by atoms with Gasteiger partial charge in [0.1, 0.15) is 11.9 Å². The van der Waals surface area contributed by atoms with E-state index in [0.717, 1.165) is 6.42 Å². The Kier molecular flexibility index (Phi) is 7.85. The summed E-state index contributed by atoms with van der Waals surface area (Å²) in [6.07, 6.45) is 5.03. The Hall–Kier alpha value is -1.81. The lowest BCUT2D eigenvalue weighted by Crippen LogP contribution is -2.45. The molecule has 4 rings (SSSR count). The van der Waals surface area contributed by atoms with Crippen molar-refractivity contribution in [1.29, 1.82) is 0 Å². The van der Waals surface area contributed by atoms with Gasteiger partial charge in [0.05, 0.1) is 23.4 Å². The lowest BCUT2D eigenvalue weighted by molar-refractivity contribution is -0.140. The lowest BCUT2D eigenvalue weighted by Gasteiger charge is -2.20. The smallest absolute Gasteiger partial charge is 0.233 e. The molecule has 1 saturated carbocycles. The molecule has 2 bridgehead atoms.